The predicted octanol–water partition coefficient (Wildman–Crippen LogP) is 1.38. The Morgan fingerprint density at radius 1 is 1.58 bits per heavy atom. The number of carbonyl (C=O) groups excluding carboxylic acids is 1. The summed E-state index contributed by atoms with van der Waals surface area (Å²) in [4.78, 5) is 18.5. The number of hydrogen-bond acceptors (Lipinski definition) is 5. The van der Waals surface area contributed by atoms with E-state index >= 15 is 0 Å². The van der Waals surface area contributed by atoms with Crippen LogP contribution in [0.2, 0.25) is 0 Å². The Labute approximate surface area is 113 Å². The van der Waals surface area contributed by atoms with Crippen LogP contribution in [0.3, 0.4) is 0 Å². The molecule has 1 aliphatic heterocycles. The number of likely N-dealkylation sites (N-methyl/N-ethyl adjacent to an activating group) is 1. The van der Waals surface area contributed by atoms with E-state index < -0.39 is 6.10 Å². The van der Waals surface area contributed by atoms with Gasteiger partial charge < -0.3 is 14.4 Å². The first-order valence-electron chi connectivity index (χ1n) is 6.63. The largest absolute Gasteiger partial charge is 0.492 e. The zero-order valence-electron chi connectivity index (χ0n) is 11.5. The second-order valence-electron chi connectivity index (χ2n) is 4.74. The minimum Gasteiger partial charge on any atom is -0.492 e. The summed E-state index contributed by atoms with van der Waals surface area (Å²) in [6, 6.07) is 1.74. The number of rotatable bonds is 5. The molecule has 5 heteroatoms. The molecule has 1 atom stereocenters. The first-order chi connectivity index (χ1) is 9.20. The Bertz CT molecular complexity index is 436. The maximum absolute atomic E-state index is 12.3. The summed E-state index contributed by atoms with van der Waals surface area (Å²) in [5.41, 5.74) is 0.550. The lowest BCUT2D eigenvalue weighted by Crippen LogP contribution is -2.44. The number of ether oxygens (including phenoxy) is 2. The number of nitrogens with zero attached hydrogens (tertiary/aromatic N) is 2. The molecule has 1 aromatic rings. The third-order valence-corrected chi connectivity index (χ3v) is 3.03. The predicted molar refractivity (Wildman–Crippen MR) is 71.6 cm³/mol. The molecule has 104 valence electrons. The molecule has 0 bridgehead atoms. The van der Waals surface area contributed by atoms with Gasteiger partial charge in [-0.15, -0.1) is 0 Å². The van der Waals surface area contributed by atoms with E-state index in [2.05, 4.69) is 9.88 Å². The van der Waals surface area contributed by atoms with Crippen molar-refractivity contribution in [3.63, 3.8) is 0 Å². The number of ketones is 1. The molecule has 0 aromatic carbocycles. The summed E-state index contributed by atoms with van der Waals surface area (Å²) >= 11 is 0. The lowest BCUT2D eigenvalue weighted by molar-refractivity contribution is -0.00865. The van der Waals surface area contributed by atoms with Gasteiger partial charge in [-0.05, 0) is 19.5 Å². The van der Waals surface area contributed by atoms with Crippen LogP contribution in [0.4, 0.5) is 0 Å². The van der Waals surface area contributed by atoms with Crippen LogP contribution in [0.1, 0.15) is 23.7 Å². The van der Waals surface area contributed by atoms with Crippen molar-refractivity contribution in [2.75, 3.05) is 33.4 Å². The number of pyridine rings is 1. The topological polar surface area (TPSA) is 51.7 Å². The zero-order valence-corrected chi connectivity index (χ0v) is 11.5. The van der Waals surface area contributed by atoms with Gasteiger partial charge in [0, 0.05) is 24.8 Å². The van der Waals surface area contributed by atoms with E-state index in [0.717, 1.165) is 13.0 Å². The lowest BCUT2D eigenvalue weighted by Gasteiger charge is -2.29. The van der Waals surface area contributed by atoms with Crippen molar-refractivity contribution >= 4 is 5.78 Å². The zero-order chi connectivity index (χ0) is 13.7. The van der Waals surface area contributed by atoms with Gasteiger partial charge in [0.1, 0.15) is 11.9 Å². The van der Waals surface area contributed by atoms with Gasteiger partial charge in [-0.3, -0.25) is 9.78 Å². The molecule has 5 nitrogen and oxygen atoms in total. The summed E-state index contributed by atoms with van der Waals surface area (Å²) in [5.74, 6) is 0.609. The highest BCUT2D eigenvalue weighted by molar-refractivity contribution is 5.99. The molecule has 19 heavy (non-hydrogen) atoms. The number of aromatic nitrogens is 1. The summed E-state index contributed by atoms with van der Waals surface area (Å²) in [6.45, 7) is 4.74. The quantitative estimate of drug-likeness (QED) is 0.752. The monoisotopic (exact) mass is 264 g/mol. The second kappa shape index (κ2) is 6.63. The van der Waals surface area contributed by atoms with E-state index in [1.54, 1.807) is 18.5 Å². The Morgan fingerprint density at radius 2 is 2.42 bits per heavy atom. The van der Waals surface area contributed by atoms with Crippen molar-refractivity contribution in [2.24, 2.45) is 0 Å². The normalized spacial score (nSPS) is 20.2. The Balaban J connectivity index is 2.05. The van der Waals surface area contributed by atoms with Crippen LogP contribution in [-0.4, -0.2) is 55.1 Å². The highest BCUT2D eigenvalue weighted by Crippen LogP contribution is 2.15. The average molecular weight is 264 g/mol. The molecule has 0 aliphatic carbocycles. The molecule has 2 rings (SSSR count). The fraction of sp³-hybridized carbons (Fsp3) is 0.571. The fourth-order valence-electron chi connectivity index (χ4n) is 1.97. The first-order valence-corrected chi connectivity index (χ1v) is 6.63. The smallest absolute Gasteiger partial charge is 0.194 e. The van der Waals surface area contributed by atoms with Crippen LogP contribution < -0.4 is 4.74 Å². The first kappa shape index (κ1) is 14.0. The van der Waals surface area contributed by atoms with Crippen molar-refractivity contribution in [2.45, 2.75) is 19.4 Å². The molecule has 1 aliphatic rings. The number of morpholine rings is 1. The standard InChI is InChI=1S/C14H20N2O3/c1-3-5-18-12-7-11(8-15-9-12)14(17)13-10-16(2)4-6-19-13/h7-9,13H,3-6,10H2,1-2H3. The molecule has 1 saturated heterocycles. The molecule has 1 unspecified atom stereocenters. The van der Waals surface area contributed by atoms with Crippen LogP contribution in [0.15, 0.2) is 18.5 Å². The highest BCUT2D eigenvalue weighted by atomic mass is 16.5. The minimum absolute atomic E-state index is 0.0269. The number of hydrogen-bond donors (Lipinski definition) is 0. The molecule has 0 saturated carbocycles. The van der Waals surface area contributed by atoms with E-state index in [9.17, 15) is 4.79 Å². The Morgan fingerprint density at radius 3 is 3.16 bits per heavy atom. The SMILES string of the molecule is CCCOc1cncc(C(=O)C2CN(C)CCO2)c1. The van der Waals surface area contributed by atoms with Gasteiger partial charge in [0.15, 0.2) is 5.78 Å². The molecular formula is C14H20N2O3. The maximum Gasteiger partial charge on any atom is 0.194 e. The van der Waals surface area contributed by atoms with E-state index in [-0.39, 0.29) is 5.78 Å². The van der Waals surface area contributed by atoms with Gasteiger partial charge in [-0.2, -0.15) is 0 Å². The van der Waals surface area contributed by atoms with Crippen LogP contribution in [0.25, 0.3) is 0 Å². The van der Waals surface area contributed by atoms with Crippen LogP contribution >= 0.6 is 0 Å². The van der Waals surface area contributed by atoms with Crippen LogP contribution in [-0.2, 0) is 4.74 Å². The molecule has 0 N–H and O–H groups in total. The van der Waals surface area contributed by atoms with Crippen LogP contribution in [0, 0.1) is 0 Å². The van der Waals surface area contributed by atoms with E-state index in [0.29, 0.717) is 31.1 Å². The van der Waals surface area contributed by atoms with E-state index in [1.807, 2.05) is 14.0 Å². The highest BCUT2D eigenvalue weighted by Gasteiger charge is 2.26. The summed E-state index contributed by atoms with van der Waals surface area (Å²) in [5, 5.41) is 0. The van der Waals surface area contributed by atoms with Crippen molar-refractivity contribution < 1.29 is 14.3 Å². The fourth-order valence-corrected chi connectivity index (χ4v) is 1.97. The third kappa shape index (κ3) is 3.75. The van der Waals surface area contributed by atoms with Gasteiger partial charge in [0.2, 0.25) is 0 Å². The van der Waals surface area contributed by atoms with Crippen molar-refractivity contribution in [3.8, 4) is 5.75 Å². The van der Waals surface area contributed by atoms with E-state index in [1.165, 1.54) is 0 Å². The van der Waals surface area contributed by atoms with E-state index in [4.69, 9.17) is 9.47 Å². The minimum atomic E-state index is -0.401. The van der Waals surface area contributed by atoms with Crippen molar-refractivity contribution in [3.05, 3.63) is 24.0 Å². The van der Waals surface area contributed by atoms with Gasteiger partial charge in [-0.25, -0.2) is 0 Å². The number of Topliss-reactive ketones (excluding diaryl/α,β-unsaturated/α-hetero) is 1. The van der Waals surface area contributed by atoms with Gasteiger partial charge in [0.05, 0.1) is 19.4 Å². The molecule has 0 radical (unpaired) electrons. The molecule has 1 fully saturated rings. The van der Waals surface area contributed by atoms with Gasteiger partial charge in [-0.1, -0.05) is 6.92 Å². The Kier molecular flexibility index (Phi) is 4.87. The van der Waals surface area contributed by atoms with Crippen molar-refractivity contribution in [1.29, 1.82) is 0 Å². The molecule has 0 spiro atoms. The maximum atomic E-state index is 12.3. The van der Waals surface area contributed by atoms with Gasteiger partial charge >= 0.3 is 0 Å². The lowest BCUT2D eigenvalue weighted by atomic mass is 10.1. The Hall–Kier alpha value is -1.46. The van der Waals surface area contributed by atoms with Crippen molar-refractivity contribution in [1.82, 2.24) is 9.88 Å². The summed E-state index contributed by atoms with van der Waals surface area (Å²) < 4.78 is 11.0. The summed E-state index contributed by atoms with van der Waals surface area (Å²) in [6.07, 6.45) is 3.72. The van der Waals surface area contributed by atoms with Gasteiger partial charge in [0.25, 0.3) is 0 Å². The molecule has 2 heterocycles. The molecule has 0 amide bonds. The molecule has 1 aromatic heterocycles. The van der Waals surface area contributed by atoms with Crippen LogP contribution in [0.5, 0.6) is 5.75 Å². The average Bonchev–Trinajstić information content (AvgIpc) is 2.44. The summed E-state index contributed by atoms with van der Waals surface area (Å²) in [7, 11) is 1.99. The third-order valence-electron chi connectivity index (χ3n) is 3.03. The second-order valence-corrected chi connectivity index (χ2v) is 4.74. The number of carbonyl (C=O) groups is 1. The molecular weight excluding hydrogens is 244 g/mol.